The summed E-state index contributed by atoms with van der Waals surface area (Å²) in [5, 5.41) is 3.41. The lowest BCUT2D eigenvalue weighted by Gasteiger charge is -2.24. The van der Waals surface area contributed by atoms with Crippen molar-refractivity contribution in [2.45, 2.75) is 25.8 Å². The minimum atomic E-state index is -0.419. The van der Waals surface area contributed by atoms with Gasteiger partial charge in [-0.05, 0) is 66.9 Å². The molecule has 0 bridgehead atoms. The van der Waals surface area contributed by atoms with Gasteiger partial charge in [-0.1, -0.05) is 41.9 Å². The van der Waals surface area contributed by atoms with Crippen molar-refractivity contribution in [2.24, 2.45) is 0 Å². The molecule has 2 amide bonds. The van der Waals surface area contributed by atoms with E-state index in [0.29, 0.717) is 39.7 Å². The normalized spacial score (nSPS) is 15.2. The topological polar surface area (TPSA) is 75.7 Å². The second kappa shape index (κ2) is 11.0. The molecule has 3 aromatic rings. The predicted octanol–water partition coefficient (Wildman–Crippen LogP) is 5.85. The van der Waals surface area contributed by atoms with Gasteiger partial charge in [0, 0.05) is 22.8 Å². The monoisotopic (exact) mass is 508 g/mol. The summed E-state index contributed by atoms with van der Waals surface area (Å²) in [5.41, 5.74) is 4.06. The molecule has 1 atom stereocenters. The maximum atomic E-state index is 12.9. The second-order valence-corrected chi connectivity index (χ2v) is 9.59. The number of carbonyl (C=O) groups is 3. The number of halogens is 1. The standard InChI is InChI=1S/C27H25ClN2O4S/c1-3-34-27(33)22-5-4-6-23(17(22)2)29-25(32)19-9-11-20(12-10-19)26-30(24(31)16-35-26)15-18-7-13-21(28)14-8-18/h4-14,26H,3,15-16H2,1-2H3,(H,29,32)/t26-/m0/s1. The van der Waals surface area contributed by atoms with E-state index in [1.807, 2.05) is 41.3 Å². The summed E-state index contributed by atoms with van der Waals surface area (Å²) in [6.07, 6.45) is 0. The molecule has 0 spiro atoms. The number of thioether (sulfide) groups is 1. The number of ether oxygens (including phenoxy) is 1. The van der Waals surface area contributed by atoms with Crippen LogP contribution in [0.3, 0.4) is 0 Å². The van der Waals surface area contributed by atoms with Crippen LogP contribution in [-0.4, -0.2) is 35.0 Å². The van der Waals surface area contributed by atoms with E-state index < -0.39 is 5.97 Å². The first-order valence-corrected chi connectivity index (χ1v) is 12.6. The molecule has 0 aromatic heterocycles. The highest BCUT2D eigenvalue weighted by Crippen LogP contribution is 2.39. The first-order chi connectivity index (χ1) is 16.9. The van der Waals surface area contributed by atoms with Gasteiger partial charge in [0.05, 0.1) is 17.9 Å². The molecular weight excluding hydrogens is 484 g/mol. The minimum Gasteiger partial charge on any atom is -0.462 e. The lowest BCUT2D eigenvalue weighted by molar-refractivity contribution is -0.128. The fraction of sp³-hybridized carbons (Fsp3) is 0.222. The van der Waals surface area contributed by atoms with Crippen LogP contribution in [-0.2, 0) is 16.1 Å². The molecule has 6 nitrogen and oxygen atoms in total. The Kier molecular flexibility index (Phi) is 7.78. The first-order valence-electron chi connectivity index (χ1n) is 11.2. The van der Waals surface area contributed by atoms with E-state index in [9.17, 15) is 14.4 Å². The zero-order valence-corrected chi connectivity index (χ0v) is 21.0. The fourth-order valence-electron chi connectivity index (χ4n) is 3.88. The van der Waals surface area contributed by atoms with Crippen molar-refractivity contribution in [2.75, 3.05) is 17.7 Å². The van der Waals surface area contributed by atoms with Gasteiger partial charge >= 0.3 is 5.97 Å². The zero-order chi connectivity index (χ0) is 24.9. The van der Waals surface area contributed by atoms with Crippen molar-refractivity contribution in [3.8, 4) is 0 Å². The van der Waals surface area contributed by atoms with E-state index in [4.69, 9.17) is 16.3 Å². The molecule has 180 valence electrons. The maximum Gasteiger partial charge on any atom is 0.338 e. The van der Waals surface area contributed by atoms with Gasteiger partial charge in [-0.2, -0.15) is 0 Å². The minimum absolute atomic E-state index is 0.0775. The Morgan fingerprint density at radius 2 is 1.80 bits per heavy atom. The third-order valence-corrected chi connectivity index (χ3v) is 7.28. The Hall–Kier alpha value is -3.29. The van der Waals surface area contributed by atoms with E-state index in [2.05, 4.69) is 5.32 Å². The number of esters is 1. The molecule has 1 saturated heterocycles. The highest BCUT2D eigenvalue weighted by atomic mass is 35.5. The molecule has 1 heterocycles. The van der Waals surface area contributed by atoms with Crippen LogP contribution in [0, 0.1) is 6.92 Å². The Balaban J connectivity index is 1.47. The van der Waals surface area contributed by atoms with Crippen LogP contribution in [0.15, 0.2) is 66.7 Å². The second-order valence-electron chi connectivity index (χ2n) is 8.09. The van der Waals surface area contributed by atoms with Gasteiger partial charge in [-0.3, -0.25) is 9.59 Å². The van der Waals surface area contributed by atoms with Gasteiger partial charge in [0.2, 0.25) is 5.91 Å². The molecule has 35 heavy (non-hydrogen) atoms. The Morgan fingerprint density at radius 3 is 2.49 bits per heavy atom. The predicted molar refractivity (Wildman–Crippen MR) is 139 cm³/mol. The van der Waals surface area contributed by atoms with E-state index >= 15 is 0 Å². The number of nitrogens with one attached hydrogen (secondary N) is 1. The number of rotatable bonds is 7. The molecule has 0 radical (unpaired) electrons. The molecule has 1 aliphatic rings. The van der Waals surface area contributed by atoms with Gasteiger partial charge in [0.15, 0.2) is 0 Å². The van der Waals surface area contributed by atoms with Crippen LogP contribution >= 0.6 is 23.4 Å². The Bertz CT molecular complexity index is 1250. The smallest absolute Gasteiger partial charge is 0.338 e. The molecule has 4 rings (SSSR count). The number of carbonyl (C=O) groups excluding carboxylic acids is 3. The van der Waals surface area contributed by atoms with Crippen LogP contribution < -0.4 is 5.32 Å². The SMILES string of the molecule is CCOC(=O)c1cccc(NC(=O)c2ccc([C@@H]3SCC(=O)N3Cc3ccc(Cl)cc3)cc2)c1C. The Morgan fingerprint density at radius 1 is 1.09 bits per heavy atom. The summed E-state index contributed by atoms with van der Waals surface area (Å²) in [7, 11) is 0. The third-order valence-electron chi connectivity index (χ3n) is 5.77. The number of benzene rings is 3. The van der Waals surface area contributed by atoms with E-state index in [0.717, 1.165) is 11.1 Å². The fourth-order valence-corrected chi connectivity index (χ4v) is 5.20. The molecule has 0 saturated carbocycles. The van der Waals surface area contributed by atoms with E-state index in [1.165, 1.54) is 0 Å². The summed E-state index contributed by atoms with van der Waals surface area (Å²) in [5.74, 6) is -0.212. The molecule has 1 aliphatic heterocycles. The molecular formula is C27H25ClN2O4S. The van der Waals surface area contributed by atoms with Gasteiger partial charge in [-0.25, -0.2) is 4.79 Å². The van der Waals surface area contributed by atoms with Crippen molar-refractivity contribution in [3.63, 3.8) is 0 Å². The molecule has 1 fully saturated rings. The third kappa shape index (κ3) is 5.69. The van der Waals surface area contributed by atoms with Gasteiger partial charge in [0.25, 0.3) is 5.91 Å². The van der Waals surface area contributed by atoms with Gasteiger partial charge in [-0.15, -0.1) is 11.8 Å². The molecule has 3 aromatic carbocycles. The molecule has 8 heteroatoms. The lowest BCUT2D eigenvalue weighted by atomic mass is 10.1. The van der Waals surface area contributed by atoms with Gasteiger partial charge < -0.3 is 15.0 Å². The molecule has 1 N–H and O–H groups in total. The number of hydrogen-bond donors (Lipinski definition) is 1. The van der Waals surface area contributed by atoms with E-state index in [-0.39, 0.29) is 23.8 Å². The van der Waals surface area contributed by atoms with Crippen LogP contribution in [0.4, 0.5) is 5.69 Å². The van der Waals surface area contributed by atoms with Crippen LogP contribution in [0.1, 0.15) is 49.7 Å². The van der Waals surface area contributed by atoms with Crippen molar-refractivity contribution in [1.29, 1.82) is 0 Å². The summed E-state index contributed by atoms with van der Waals surface area (Å²) >= 11 is 7.55. The summed E-state index contributed by atoms with van der Waals surface area (Å²) < 4.78 is 5.09. The van der Waals surface area contributed by atoms with Gasteiger partial charge in [0.1, 0.15) is 5.37 Å². The largest absolute Gasteiger partial charge is 0.462 e. The number of hydrogen-bond acceptors (Lipinski definition) is 5. The molecule has 0 unspecified atom stereocenters. The number of anilines is 1. The molecule has 0 aliphatic carbocycles. The van der Waals surface area contributed by atoms with E-state index in [1.54, 1.807) is 55.9 Å². The average molecular weight is 509 g/mol. The van der Waals surface area contributed by atoms with Crippen LogP contribution in [0.2, 0.25) is 5.02 Å². The Labute approximate surface area is 213 Å². The highest BCUT2D eigenvalue weighted by Gasteiger charge is 2.32. The summed E-state index contributed by atoms with van der Waals surface area (Å²) in [4.78, 5) is 39.4. The van der Waals surface area contributed by atoms with Crippen LogP contribution in [0.25, 0.3) is 0 Å². The lowest BCUT2D eigenvalue weighted by Crippen LogP contribution is -2.27. The van der Waals surface area contributed by atoms with Crippen molar-refractivity contribution >= 4 is 46.8 Å². The van der Waals surface area contributed by atoms with Crippen molar-refractivity contribution in [1.82, 2.24) is 4.90 Å². The van der Waals surface area contributed by atoms with Crippen molar-refractivity contribution in [3.05, 3.63) is 99.6 Å². The maximum absolute atomic E-state index is 12.9. The average Bonchev–Trinajstić information content (AvgIpc) is 3.22. The number of amides is 2. The van der Waals surface area contributed by atoms with Crippen LogP contribution in [0.5, 0.6) is 0 Å². The zero-order valence-electron chi connectivity index (χ0n) is 19.4. The quantitative estimate of drug-likeness (QED) is 0.405. The highest BCUT2D eigenvalue weighted by molar-refractivity contribution is 8.00. The summed E-state index contributed by atoms with van der Waals surface area (Å²) in [6.45, 7) is 4.29. The number of nitrogens with zero attached hydrogens (tertiary/aromatic N) is 1. The van der Waals surface area contributed by atoms with Crippen molar-refractivity contribution < 1.29 is 19.1 Å². The first kappa shape index (κ1) is 24.8. The summed E-state index contributed by atoms with van der Waals surface area (Å²) in [6, 6.07) is 19.9.